The van der Waals surface area contributed by atoms with Crippen molar-refractivity contribution in [3.8, 4) is 0 Å². The third-order valence-electron chi connectivity index (χ3n) is 0.771. The van der Waals surface area contributed by atoms with Crippen LogP contribution in [0.25, 0.3) is 0 Å². The number of quaternary nitrogens is 1. The molecule has 0 saturated heterocycles. The summed E-state index contributed by atoms with van der Waals surface area (Å²) in [6, 6.07) is 0. The molecule has 0 aromatic heterocycles. The topological polar surface area (TPSA) is 20.2 Å². The Kier molecular flexibility index (Phi) is 6.10. The number of aliphatic hydroxyl groups is 1. The Morgan fingerprint density at radius 1 is 1.25 bits per heavy atom. The molecular formula is C5H14FeNO+. The van der Waals surface area contributed by atoms with Gasteiger partial charge in [-0.2, -0.15) is 0 Å². The van der Waals surface area contributed by atoms with Gasteiger partial charge in [-0.15, -0.1) is 0 Å². The van der Waals surface area contributed by atoms with Gasteiger partial charge in [0.25, 0.3) is 0 Å². The van der Waals surface area contributed by atoms with E-state index in [2.05, 4.69) is 21.1 Å². The van der Waals surface area contributed by atoms with Gasteiger partial charge in [0.2, 0.25) is 0 Å². The fourth-order valence-corrected chi connectivity index (χ4v) is 0.300. The standard InChI is InChI=1S/C5H14NO.Fe/c1-6(2,3)4-5-7;/h7H,4-5H2,1-3H3;/q+1;. The molecule has 1 N–H and O–H groups in total. The molecule has 0 aromatic carbocycles. The Hall–Kier alpha value is 0.439. The molecule has 0 bridgehead atoms. The summed E-state index contributed by atoms with van der Waals surface area (Å²) < 4.78 is 0.844. The van der Waals surface area contributed by atoms with Gasteiger partial charge in [-0.05, 0) is 0 Å². The Bertz CT molecular complexity index is 50.9. The van der Waals surface area contributed by atoms with E-state index in [0.29, 0.717) is 0 Å². The van der Waals surface area contributed by atoms with Crippen LogP contribution in [0.15, 0.2) is 0 Å². The molecule has 0 aliphatic rings. The summed E-state index contributed by atoms with van der Waals surface area (Å²) in [5, 5.41) is 8.39. The molecule has 0 aromatic rings. The Morgan fingerprint density at radius 3 is 1.62 bits per heavy atom. The smallest absolute Gasteiger partial charge is 0.101 e. The predicted molar refractivity (Wildman–Crippen MR) is 30.0 cm³/mol. The first-order chi connectivity index (χ1) is 3.06. The van der Waals surface area contributed by atoms with Crippen LogP contribution in [0, 0.1) is 0 Å². The van der Waals surface area contributed by atoms with Gasteiger partial charge in [-0.1, -0.05) is 0 Å². The quantitative estimate of drug-likeness (QED) is 0.433. The summed E-state index contributed by atoms with van der Waals surface area (Å²) in [6.45, 7) is 1.11. The van der Waals surface area contributed by atoms with E-state index in [1.807, 2.05) is 0 Å². The van der Waals surface area contributed by atoms with Crippen molar-refractivity contribution in [2.45, 2.75) is 0 Å². The summed E-state index contributed by atoms with van der Waals surface area (Å²) >= 11 is 0. The number of nitrogens with zero attached hydrogens (tertiary/aromatic N) is 1. The maximum Gasteiger partial charge on any atom is 0.101 e. The van der Waals surface area contributed by atoms with E-state index in [0.717, 1.165) is 11.0 Å². The van der Waals surface area contributed by atoms with Crippen molar-refractivity contribution in [2.75, 3.05) is 34.3 Å². The molecule has 2 nitrogen and oxygen atoms in total. The van der Waals surface area contributed by atoms with Crippen LogP contribution < -0.4 is 0 Å². The summed E-state index contributed by atoms with van der Waals surface area (Å²) in [7, 11) is 6.16. The molecule has 0 aliphatic carbocycles. The van der Waals surface area contributed by atoms with Crippen molar-refractivity contribution >= 4 is 0 Å². The molecule has 0 saturated carbocycles. The van der Waals surface area contributed by atoms with Crippen LogP contribution in [-0.4, -0.2) is 43.9 Å². The molecule has 0 spiro atoms. The molecule has 0 atom stereocenters. The van der Waals surface area contributed by atoms with Crippen molar-refractivity contribution < 1.29 is 26.7 Å². The van der Waals surface area contributed by atoms with Crippen LogP contribution in [0.4, 0.5) is 0 Å². The van der Waals surface area contributed by atoms with Crippen molar-refractivity contribution in [1.82, 2.24) is 0 Å². The first-order valence-corrected chi connectivity index (χ1v) is 2.47. The van der Waals surface area contributed by atoms with E-state index in [-0.39, 0.29) is 23.7 Å². The van der Waals surface area contributed by atoms with Crippen molar-refractivity contribution in [2.24, 2.45) is 0 Å². The molecule has 0 fully saturated rings. The molecular weight excluding hydrogens is 146 g/mol. The van der Waals surface area contributed by atoms with Crippen LogP contribution in [0.3, 0.4) is 0 Å². The van der Waals surface area contributed by atoms with Crippen molar-refractivity contribution in [1.29, 1.82) is 0 Å². The molecule has 0 aliphatic heterocycles. The molecule has 0 amide bonds. The molecule has 3 heteroatoms. The fourth-order valence-electron chi connectivity index (χ4n) is 0.300. The maximum atomic E-state index is 8.39. The molecule has 0 heterocycles. The zero-order chi connectivity index (χ0) is 5.91. The normalized spacial score (nSPS) is 10.5. The number of hydrogen-bond acceptors (Lipinski definition) is 1. The number of likely N-dealkylation sites (N-methyl/N-ethyl adjacent to an activating group) is 1. The van der Waals surface area contributed by atoms with E-state index in [1.54, 1.807) is 0 Å². The van der Waals surface area contributed by atoms with Crippen LogP contribution >= 0.6 is 0 Å². The van der Waals surface area contributed by atoms with Crippen LogP contribution in [0.1, 0.15) is 0 Å². The average molecular weight is 160 g/mol. The van der Waals surface area contributed by atoms with Gasteiger partial charge < -0.3 is 9.59 Å². The van der Waals surface area contributed by atoms with E-state index >= 15 is 0 Å². The molecule has 0 radical (unpaired) electrons. The second-order valence-electron chi connectivity index (χ2n) is 2.74. The van der Waals surface area contributed by atoms with Crippen molar-refractivity contribution in [3.63, 3.8) is 0 Å². The SMILES string of the molecule is C[N+](C)(C)CCO.[Fe]. The Labute approximate surface area is 61.6 Å². The molecule has 0 unspecified atom stereocenters. The van der Waals surface area contributed by atoms with Gasteiger partial charge in [-0.3, -0.25) is 0 Å². The zero-order valence-electron chi connectivity index (χ0n) is 5.66. The Balaban J connectivity index is 0. The summed E-state index contributed by atoms with van der Waals surface area (Å²) in [6.07, 6.45) is 0. The maximum absolute atomic E-state index is 8.39. The summed E-state index contributed by atoms with van der Waals surface area (Å²) in [5.41, 5.74) is 0. The minimum absolute atomic E-state index is 0. The zero-order valence-corrected chi connectivity index (χ0v) is 6.77. The number of rotatable bonds is 2. The predicted octanol–water partition coefficient (Wildman–Crippen LogP) is -0.318. The van der Waals surface area contributed by atoms with Gasteiger partial charge >= 0.3 is 0 Å². The van der Waals surface area contributed by atoms with E-state index in [1.165, 1.54) is 0 Å². The van der Waals surface area contributed by atoms with Crippen LogP contribution in [-0.2, 0) is 17.1 Å². The second-order valence-corrected chi connectivity index (χ2v) is 2.74. The van der Waals surface area contributed by atoms with Crippen molar-refractivity contribution in [3.05, 3.63) is 0 Å². The molecule has 52 valence electrons. The van der Waals surface area contributed by atoms with E-state index < -0.39 is 0 Å². The fraction of sp³-hybridized carbons (Fsp3) is 1.00. The van der Waals surface area contributed by atoms with Gasteiger partial charge in [0.15, 0.2) is 0 Å². The number of hydrogen-bond donors (Lipinski definition) is 1. The largest absolute Gasteiger partial charge is 0.391 e. The minimum atomic E-state index is 0. The number of aliphatic hydroxyl groups excluding tert-OH is 1. The van der Waals surface area contributed by atoms with Crippen LogP contribution in [0.5, 0.6) is 0 Å². The van der Waals surface area contributed by atoms with Gasteiger partial charge in [0.05, 0.1) is 27.7 Å². The average Bonchev–Trinajstić information content (AvgIpc) is 1.30. The first kappa shape index (κ1) is 11.3. The van der Waals surface area contributed by atoms with E-state index in [9.17, 15) is 0 Å². The van der Waals surface area contributed by atoms with E-state index in [4.69, 9.17) is 5.11 Å². The third-order valence-corrected chi connectivity index (χ3v) is 0.771. The van der Waals surface area contributed by atoms with Gasteiger partial charge in [-0.25, -0.2) is 0 Å². The minimum Gasteiger partial charge on any atom is -0.391 e. The molecule has 0 rings (SSSR count). The van der Waals surface area contributed by atoms with Crippen LogP contribution in [0.2, 0.25) is 0 Å². The summed E-state index contributed by atoms with van der Waals surface area (Å²) in [4.78, 5) is 0. The summed E-state index contributed by atoms with van der Waals surface area (Å²) in [5.74, 6) is 0. The third kappa shape index (κ3) is 9.67. The van der Waals surface area contributed by atoms with Gasteiger partial charge in [0, 0.05) is 17.1 Å². The second kappa shape index (κ2) is 4.33. The molecule has 8 heavy (non-hydrogen) atoms. The Morgan fingerprint density at radius 2 is 1.62 bits per heavy atom. The first-order valence-electron chi connectivity index (χ1n) is 2.47. The monoisotopic (exact) mass is 160 g/mol. The van der Waals surface area contributed by atoms with Gasteiger partial charge in [0.1, 0.15) is 6.54 Å².